The van der Waals surface area contributed by atoms with Crippen LogP contribution in [-0.4, -0.2) is 18.4 Å². The summed E-state index contributed by atoms with van der Waals surface area (Å²) in [4.78, 5) is 1.75. The summed E-state index contributed by atoms with van der Waals surface area (Å²) in [6.07, 6.45) is 2.77. The van der Waals surface area contributed by atoms with Crippen molar-refractivity contribution < 1.29 is 13.7 Å². The molecule has 1 atom stereocenters. The molecular weight excluding hydrogens is 368 g/mol. The van der Waals surface area contributed by atoms with Crippen molar-refractivity contribution in [2.75, 3.05) is 14.2 Å². The van der Waals surface area contributed by atoms with Crippen LogP contribution < -0.4 is 9.47 Å². The van der Waals surface area contributed by atoms with Gasteiger partial charge in [-0.2, -0.15) is 0 Å². The van der Waals surface area contributed by atoms with E-state index in [0.29, 0.717) is 0 Å². The summed E-state index contributed by atoms with van der Waals surface area (Å²) < 4.78 is 23.7. The summed E-state index contributed by atoms with van der Waals surface area (Å²) in [5.74, 6) is 1.49. The molecule has 0 radical (unpaired) electrons. The average Bonchev–Trinajstić information content (AvgIpc) is 2.74. The lowest BCUT2D eigenvalue weighted by molar-refractivity contribution is 0.354. The zero-order valence-electron chi connectivity index (χ0n) is 16.6. The van der Waals surface area contributed by atoms with Crippen LogP contribution in [-0.2, 0) is 23.6 Å². The molecule has 3 aromatic carbocycles. The monoisotopic (exact) mass is 394 g/mol. The van der Waals surface area contributed by atoms with E-state index < -0.39 is 10.8 Å². The third kappa shape index (κ3) is 4.82. The molecule has 1 unspecified atom stereocenters. The maximum absolute atomic E-state index is 13.0. The van der Waals surface area contributed by atoms with Gasteiger partial charge in [-0.1, -0.05) is 42.0 Å². The standard InChI is InChI=1S/C24H26O3S/c1-18-11-14-21(15-12-18)28(25)24-10-5-4-8-20(24)9-6-7-19-13-16-22(26-2)23(17-19)27-3/h4-5,8,10-17H,6-7,9H2,1-3H3. The molecule has 0 aromatic heterocycles. The van der Waals surface area contributed by atoms with Crippen LogP contribution in [0, 0.1) is 6.92 Å². The summed E-state index contributed by atoms with van der Waals surface area (Å²) in [6, 6.07) is 22.0. The summed E-state index contributed by atoms with van der Waals surface area (Å²) in [6.45, 7) is 2.04. The van der Waals surface area contributed by atoms with Crippen LogP contribution in [0.15, 0.2) is 76.5 Å². The molecule has 3 rings (SSSR count). The highest BCUT2D eigenvalue weighted by Gasteiger charge is 2.12. The number of rotatable bonds is 8. The third-order valence-corrected chi connectivity index (χ3v) is 6.26. The number of hydrogen-bond donors (Lipinski definition) is 0. The van der Waals surface area contributed by atoms with Crippen LogP contribution in [0.2, 0.25) is 0 Å². The summed E-state index contributed by atoms with van der Waals surface area (Å²) >= 11 is 0. The van der Waals surface area contributed by atoms with Crippen molar-refractivity contribution >= 4 is 10.8 Å². The topological polar surface area (TPSA) is 35.5 Å². The Labute approximate surface area is 169 Å². The van der Waals surface area contributed by atoms with Crippen LogP contribution in [0.1, 0.15) is 23.1 Å². The molecular formula is C24H26O3S. The second kappa shape index (κ2) is 9.56. The molecule has 0 amide bonds. The first-order valence-corrected chi connectivity index (χ1v) is 10.5. The van der Waals surface area contributed by atoms with Gasteiger partial charge in [-0.25, -0.2) is 4.21 Å². The molecule has 146 valence electrons. The zero-order chi connectivity index (χ0) is 19.9. The number of ether oxygens (including phenoxy) is 2. The van der Waals surface area contributed by atoms with Crippen molar-refractivity contribution in [2.45, 2.75) is 36.0 Å². The first-order chi connectivity index (χ1) is 13.6. The number of benzene rings is 3. The van der Waals surface area contributed by atoms with Gasteiger partial charge in [0, 0.05) is 9.79 Å². The Balaban J connectivity index is 1.70. The Bertz CT molecular complexity index is 948. The van der Waals surface area contributed by atoms with Crippen molar-refractivity contribution in [1.82, 2.24) is 0 Å². The van der Waals surface area contributed by atoms with E-state index in [1.54, 1.807) is 14.2 Å². The minimum atomic E-state index is -1.16. The molecule has 0 saturated heterocycles. The molecule has 0 spiro atoms. The highest BCUT2D eigenvalue weighted by molar-refractivity contribution is 7.85. The first kappa shape index (κ1) is 20.2. The molecule has 3 aromatic rings. The van der Waals surface area contributed by atoms with Crippen molar-refractivity contribution in [3.05, 3.63) is 83.4 Å². The summed E-state index contributed by atoms with van der Waals surface area (Å²) in [7, 11) is 2.13. The summed E-state index contributed by atoms with van der Waals surface area (Å²) in [5.41, 5.74) is 3.51. The predicted molar refractivity (Wildman–Crippen MR) is 114 cm³/mol. The Hall–Kier alpha value is -2.59. The van der Waals surface area contributed by atoms with Gasteiger partial charge in [0.05, 0.1) is 25.0 Å². The molecule has 0 N–H and O–H groups in total. The van der Waals surface area contributed by atoms with E-state index in [4.69, 9.17) is 9.47 Å². The fourth-order valence-corrected chi connectivity index (χ4v) is 4.45. The van der Waals surface area contributed by atoms with Crippen molar-refractivity contribution in [1.29, 1.82) is 0 Å². The van der Waals surface area contributed by atoms with Gasteiger partial charge < -0.3 is 9.47 Å². The quantitative estimate of drug-likeness (QED) is 0.516. The lowest BCUT2D eigenvalue weighted by Crippen LogP contribution is -2.00. The van der Waals surface area contributed by atoms with Crippen LogP contribution in [0.4, 0.5) is 0 Å². The third-order valence-electron chi connectivity index (χ3n) is 4.77. The number of methoxy groups -OCH3 is 2. The van der Waals surface area contributed by atoms with Gasteiger partial charge in [-0.3, -0.25) is 0 Å². The highest BCUT2D eigenvalue weighted by Crippen LogP contribution is 2.28. The van der Waals surface area contributed by atoms with E-state index >= 15 is 0 Å². The van der Waals surface area contributed by atoms with Crippen molar-refractivity contribution in [2.24, 2.45) is 0 Å². The largest absolute Gasteiger partial charge is 0.493 e. The van der Waals surface area contributed by atoms with Crippen LogP contribution in [0.3, 0.4) is 0 Å². The fraction of sp³-hybridized carbons (Fsp3) is 0.250. The van der Waals surface area contributed by atoms with Crippen LogP contribution in [0.25, 0.3) is 0 Å². The SMILES string of the molecule is COc1ccc(CCCc2ccccc2S(=O)c2ccc(C)cc2)cc1OC. The lowest BCUT2D eigenvalue weighted by Gasteiger charge is -2.11. The van der Waals surface area contributed by atoms with Gasteiger partial charge in [0.2, 0.25) is 0 Å². The van der Waals surface area contributed by atoms with Crippen molar-refractivity contribution in [3.63, 3.8) is 0 Å². The molecule has 28 heavy (non-hydrogen) atoms. The number of aryl methyl sites for hydroxylation is 3. The highest BCUT2D eigenvalue weighted by atomic mass is 32.2. The Morgan fingerprint density at radius 1 is 0.821 bits per heavy atom. The Morgan fingerprint density at radius 3 is 2.25 bits per heavy atom. The van der Waals surface area contributed by atoms with E-state index in [1.165, 1.54) is 11.1 Å². The van der Waals surface area contributed by atoms with Gasteiger partial charge >= 0.3 is 0 Å². The maximum Gasteiger partial charge on any atom is 0.160 e. The normalized spacial score (nSPS) is 11.8. The molecule has 3 nitrogen and oxygen atoms in total. The maximum atomic E-state index is 13.0. The smallest absolute Gasteiger partial charge is 0.160 e. The molecule has 0 heterocycles. The van der Waals surface area contributed by atoms with E-state index in [2.05, 4.69) is 12.1 Å². The fourth-order valence-electron chi connectivity index (χ4n) is 3.20. The Morgan fingerprint density at radius 2 is 1.54 bits per heavy atom. The van der Waals surface area contributed by atoms with E-state index in [0.717, 1.165) is 46.1 Å². The average molecular weight is 395 g/mol. The first-order valence-electron chi connectivity index (χ1n) is 9.39. The van der Waals surface area contributed by atoms with Gasteiger partial charge in [0.25, 0.3) is 0 Å². The lowest BCUT2D eigenvalue weighted by atomic mass is 10.0. The minimum absolute atomic E-state index is 0.741. The van der Waals surface area contributed by atoms with E-state index in [1.807, 2.05) is 61.5 Å². The van der Waals surface area contributed by atoms with E-state index in [9.17, 15) is 4.21 Å². The molecule has 0 aliphatic heterocycles. The van der Waals surface area contributed by atoms with Gasteiger partial charge in [0.1, 0.15) is 0 Å². The Kier molecular flexibility index (Phi) is 6.88. The van der Waals surface area contributed by atoms with Gasteiger partial charge in [-0.05, 0) is 67.6 Å². The molecule has 0 fully saturated rings. The zero-order valence-corrected chi connectivity index (χ0v) is 17.4. The molecule has 0 aliphatic carbocycles. The number of hydrogen-bond acceptors (Lipinski definition) is 3. The second-order valence-electron chi connectivity index (χ2n) is 6.73. The molecule has 4 heteroatoms. The second-order valence-corrected chi connectivity index (χ2v) is 8.18. The van der Waals surface area contributed by atoms with Crippen LogP contribution in [0.5, 0.6) is 11.5 Å². The van der Waals surface area contributed by atoms with Gasteiger partial charge in [-0.15, -0.1) is 0 Å². The van der Waals surface area contributed by atoms with E-state index in [-0.39, 0.29) is 0 Å². The summed E-state index contributed by atoms with van der Waals surface area (Å²) in [5, 5.41) is 0. The van der Waals surface area contributed by atoms with Crippen LogP contribution >= 0.6 is 0 Å². The minimum Gasteiger partial charge on any atom is -0.493 e. The molecule has 0 saturated carbocycles. The molecule has 0 aliphatic rings. The van der Waals surface area contributed by atoms with Gasteiger partial charge in [0.15, 0.2) is 11.5 Å². The molecule has 0 bridgehead atoms. The predicted octanol–water partition coefficient (Wildman–Crippen LogP) is 5.35. The van der Waals surface area contributed by atoms with Crippen molar-refractivity contribution in [3.8, 4) is 11.5 Å².